The van der Waals surface area contributed by atoms with Gasteiger partial charge in [-0.25, -0.2) is 0 Å². The third-order valence-corrected chi connectivity index (χ3v) is 2.84. The van der Waals surface area contributed by atoms with Crippen LogP contribution < -0.4 is 4.74 Å². The first-order valence-corrected chi connectivity index (χ1v) is 5.57. The van der Waals surface area contributed by atoms with E-state index in [2.05, 4.69) is 4.74 Å². The molecule has 1 aliphatic rings. The number of aliphatic hydroxyl groups excluding tert-OH is 1. The van der Waals surface area contributed by atoms with Gasteiger partial charge in [-0.2, -0.15) is 0 Å². The lowest BCUT2D eigenvalue weighted by molar-refractivity contribution is -0.274. The van der Waals surface area contributed by atoms with Crippen LogP contribution in [0.25, 0.3) is 0 Å². The average Bonchev–Trinajstić information content (AvgIpc) is 2.79. The Hall–Kier alpha value is -1.27. The van der Waals surface area contributed by atoms with Crippen LogP contribution in [-0.4, -0.2) is 24.7 Å². The summed E-state index contributed by atoms with van der Waals surface area (Å²) in [7, 11) is 0. The van der Waals surface area contributed by atoms with E-state index in [0.717, 1.165) is 0 Å². The molecule has 2 rings (SSSR count). The zero-order chi connectivity index (χ0) is 13.2. The minimum Gasteiger partial charge on any atom is -0.406 e. The van der Waals surface area contributed by atoms with Gasteiger partial charge in [-0.3, -0.25) is 0 Å². The molecule has 1 heterocycles. The third kappa shape index (κ3) is 3.36. The zero-order valence-electron chi connectivity index (χ0n) is 9.48. The molecule has 3 nitrogen and oxygen atoms in total. The van der Waals surface area contributed by atoms with Crippen molar-refractivity contribution in [1.29, 1.82) is 0 Å². The first kappa shape index (κ1) is 13.2. The maximum absolute atomic E-state index is 12.1. The van der Waals surface area contributed by atoms with Gasteiger partial charge >= 0.3 is 6.36 Å². The standard InChI is InChI=1S/C12H13F3O3/c13-12(14,15)18-10-3-1-2-8(6-10)11(16)9-4-5-17-7-9/h1-3,6,9,11,16H,4-5,7H2. The van der Waals surface area contributed by atoms with Crippen molar-refractivity contribution in [3.8, 4) is 5.75 Å². The molecule has 1 saturated heterocycles. The van der Waals surface area contributed by atoms with Crippen molar-refractivity contribution in [2.24, 2.45) is 5.92 Å². The topological polar surface area (TPSA) is 38.7 Å². The Morgan fingerprint density at radius 2 is 2.17 bits per heavy atom. The first-order valence-electron chi connectivity index (χ1n) is 5.57. The normalized spacial score (nSPS) is 21.9. The molecule has 1 aromatic carbocycles. The fraction of sp³-hybridized carbons (Fsp3) is 0.500. The van der Waals surface area contributed by atoms with E-state index in [-0.39, 0.29) is 11.7 Å². The number of alkyl halides is 3. The summed E-state index contributed by atoms with van der Waals surface area (Å²) in [6.45, 7) is 0.992. The monoisotopic (exact) mass is 262 g/mol. The molecule has 0 radical (unpaired) electrons. The molecule has 0 aliphatic carbocycles. The molecule has 0 bridgehead atoms. The maximum atomic E-state index is 12.1. The van der Waals surface area contributed by atoms with Gasteiger partial charge in [-0.05, 0) is 24.1 Å². The van der Waals surface area contributed by atoms with Crippen molar-refractivity contribution >= 4 is 0 Å². The van der Waals surface area contributed by atoms with E-state index in [1.54, 1.807) is 6.07 Å². The number of aliphatic hydroxyl groups is 1. The smallest absolute Gasteiger partial charge is 0.406 e. The Bertz CT molecular complexity index is 400. The number of hydrogen-bond donors (Lipinski definition) is 1. The number of ether oxygens (including phenoxy) is 2. The van der Waals surface area contributed by atoms with Gasteiger partial charge in [-0.15, -0.1) is 13.2 Å². The molecule has 1 N–H and O–H groups in total. The van der Waals surface area contributed by atoms with Crippen molar-refractivity contribution in [3.63, 3.8) is 0 Å². The van der Waals surface area contributed by atoms with Gasteiger partial charge in [-0.1, -0.05) is 12.1 Å². The summed E-state index contributed by atoms with van der Waals surface area (Å²) in [6.07, 6.45) is -4.85. The highest BCUT2D eigenvalue weighted by Gasteiger charge is 2.31. The average molecular weight is 262 g/mol. The van der Waals surface area contributed by atoms with Crippen molar-refractivity contribution in [2.45, 2.75) is 18.9 Å². The summed E-state index contributed by atoms with van der Waals surface area (Å²) in [5.74, 6) is -0.399. The predicted molar refractivity (Wildman–Crippen MR) is 57.0 cm³/mol. The highest BCUT2D eigenvalue weighted by Crippen LogP contribution is 2.31. The number of hydrogen-bond acceptors (Lipinski definition) is 3. The molecule has 1 aromatic rings. The van der Waals surface area contributed by atoms with Crippen LogP contribution in [0.3, 0.4) is 0 Å². The van der Waals surface area contributed by atoms with Crippen LogP contribution in [0.5, 0.6) is 5.75 Å². The highest BCUT2D eigenvalue weighted by molar-refractivity contribution is 5.30. The fourth-order valence-corrected chi connectivity index (χ4v) is 1.97. The van der Waals surface area contributed by atoms with Gasteiger partial charge in [0.25, 0.3) is 0 Å². The van der Waals surface area contributed by atoms with Crippen LogP contribution in [0.2, 0.25) is 0 Å². The second kappa shape index (κ2) is 5.16. The molecule has 18 heavy (non-hydrogen) atoms. The largest absolute Gasteiger partial charge is 0.573 e. The minimum absolute atomic E-state index is 0.0777. The second-order valence-electron chi connectivity index (χ2n) is 4.19. The van der Waals surface area contributed by atoms with Gasteiger partial charge in [0.15, 0.2) is 0 Å². The maximum Gasteiger partial charge on any atom is 0.573 e. The predicted octanol–water partition coefficient (Wildman–Crippen LogP) is 2.66. The van der Waals surface area contributed by atoms with Gasteiger partial charge in [0, 0.05) is 12.5 Å². The molecule has 1 fully saturated rings. The van der Waals surface area contributed by atoms with Crippen LogP contribution in [0.15, 0.2) is 24.3 Å². The fourth-order valence-electron chi connectivity index (χ4n) is 1.97. The number of rotatable bonds is 3. The quantitative estimate of drug-likeness (QED) is 0.910. The molecule has 0 aromatic heterocycles. The lowest BCUT2D eigenvalue weighted by Crippen LogP contribution is -2.18. The lowest BCUT2D eigenvalue weighted by atomic mass is 9.95. The Balaban J connectivity index is 2.11. The molecule has 100 valence electrons. The lowest BCUT2D eigenvalue weighted by Gasteiger charge is -2.18. The number of benzene rings is 1. The number of halogens is 3. The van der Waals surface area contributed by atoms with E-state index in [1.165, 1.54) is 18.2 Å². The molecule has 2 unspecified atom stereocenters. The minimum atomic E-state index is -4.72. The molecule has 6 heteroatoms. The van der Waals surface area contributed by atoms with E-state index in [4.69, 9.17) is 4.74 Å². The van der Waals surface area contributed by atoms with Gasteiger partial charge in [0.1, 0.15) is 5.75 Å². The second-order valence-corrected chi connectivity index (χ2v) is 4.19. The molecule has 1 aliphatic heterocycles. The zero-order valence-corrected chi connectivity index (χ0v) is 9.48. The van der Waals surface area contributed by atoms with E-state index in [0.29, 0.717) is 25.2 Å². The van der Waals surface area contributed by atoms with Gasteiger partial charge in [0.2, 0.25) is 0 Å². The molecule has 0 saturated carbocycles. The van der Waals surface area contributed by atoms with E-state index in [1.807, 2.05) is 0 Å². The molecular weight excluding hydrogens is 249 g/mol. The van der Waals surface area contributed by atoms with Crippen molar-refractivity contribution in [2.75, 3.05) is 13.2 Å². The highest BCUT2D eigenvalue weighted by atomic mass is 19.4. The van der Waals surface area contributed by atoms with Crippen LogP contribution in [-0.2, 0) is 4.74 Å². The van der Waals surface area contributed by atoms with Crippen molar-refractivity contribution < 1.29 is 27.8 Å². The van der Waals surface area contributed by atoms with Crippen LogP contribution >= 0.6 is 0 Å². The van der Waals surface area contributed by atoms with Gasteiger partial charge in [0.05, 0.1) is 12.7 Å². The van der Waals surface area contributed by atoms with E-state index < -0.39 is 12.5 Å². The molecule has 0 spiro atoms. The van der Waals surface area contributed by atoms with Crippen LogP contribution in [0.4, 0.5) is 13.2 Å². The summed E-state index contributed by atoms with van der Waals surface area (Å²) < 4.78 is 45.2. The summed E-state index contributed by atoms with van der Waals surface area (Å²) >= 11 is 0. The van der Waals surface area contributed by atoms with Crippen molar-refractivity contribution in [3.05, 3.63) is 29.8 Å². The summed E-state index contributed by atoms with van der Waals surface area (Å²) in [5.41, 5.74) is 0.409. The summed E-state index contributed by atoms with van der Waals surface area (Å²) in [6, 6.07) is 5.41. The Kier molecular flexibility index (Phi) is 3.77. The van der Waals surface area contributed by atoms with Crippen LogP contribution in [0, 0.1) is 5.92 Å². The SMILES string of the molecule is OC(c1cccc(OC(F)(F)F)c1)C1CCOC1. The molecular formula is C12H13F3O3. The summed E-state index contributed by atoms with van der Waals surface area (Å²) in [4.78, 5) is 0. The molecule has 0 amide bonds. The van der Waals surface area contributed by atoms with Crippen LogP contribution in [0.1, 0.15) is 18.1 Å². The van der Waals surface area contributed by atoms with E-state index in [9.17, 15) is 18.3 Å². The summed E-state index contributed by atoms with van der Waals surface area (Å²) in [5, 5.41) is 10.0. The van der Waals surface area contributed by atoms with Crippen molar-refractivity contribution in [1.82, 2.24) is 0 Å². The molecule has 2 atom stereocenters. The third-order valence-electron chi connectivity index (χ3n) is 2.84. The Labute approximate surface area is 102 Å². The first-order chi connectivity index (χ1) is 8.46. The Morgan fingerprint density at radius 1 is 1.39 bits per heavy atom. The van der Waals surface area contributed by atoms with E-state index >= 15 is 0 Å². The van der Waals surface area contributed by atoms with Gasteiger partial charge < -0.3 is 14.6 Å². The Morgan fingerprint density at radius 3 is 2.78 bits per heavy atom.